The number of hydrogen-bond donors (Lipinski definition) is 1. The molecule has 110 valence electrons. The molecule has 0 spiro atoms. The van der Waals surface area contributed by atoms with Crippen molar-refractivity contribution in [3.63, 3.8) is 0 Å². The van der Waals surface area contributed by atoms with Gasteiger partial charge in [0.1, 0.15) is 11.7 Å². The molecule has 0 aromatic carbocycles. The topological polar surface area (TPSA) is 62.3 Å². The van der Waals surface area contributed by atoms with Crippen LogP contribution in [0.25, 0.3) is 0 Å². The molecule has 0 saturated heterocycles. The highest BCUT2D eigenvalue weighted by Crippen LogP contribution is 2.12. The van der Waals surface area contributed by atoms with E-state index in [0.29, 0.717) is 0 Å². The second-order valence-electron chi connectivity index (χ2n) is 3.92. The lowest BCUT2D eigenvalue weighted by atomic mass is 10.2. The summed E-state index contributed by atoms with van der Waals surface area (Å²) in [6.45, 7) is -1.93. The van der Waals surface area contributed by atoms with E-state index in [1.807, 2.05) is 0 Å². The maximum atomic E-state index is 11.9. The van der Waals surface area contributed by atoms with E-state index >= 15 is 0 Å². The first-order chi connectivity index (χ1) is 9.19. The van der Waals surface area contributed by atoms with Crippen molar-refractivity contribution in [3.05, 3.63) is 29.0 Å². The van der Waals surface area contributed by atoms with Crippen LogP contribution >= 0.6 is 11.6 Å². The number of aromatic nitrogens is 1. The number of likely N-dealkylation sites (N-methyl/N-ethyl adjacent to an activating group) is 1. The van der Waals surface area contributed by atoms with Crippen molar-refractivity contribution in [1.29, 1.82) is 0 Å². The SMILES string of the molecule is CN(CC(=O)NCC(F)(F)F)C(=O)c1ccnc(Cl)c1. The molecule has 1 aromatic rings. The van der Waals surface area contributed by atoms with Crippen LogP contribution in [-0.2, 0) is 4.79 Å². The van der Waals surface area contributed by atoms with Crippen molar-refractivity contribution >= 4 is 23.4 Å². The third kappa shape index (κ3) is 5.43. The zero-order chi connectivity index (χ0) is 15.3. The molecule has 0 aliphatic heterocycles. The van der Waals surface area contributed by atoms with Crippen LogP contribution in [0.3, 0.4) is 0 Å². The highest BCUT2D eigenvalue weighted by atomic mass is 35.5. The van der Waals surface area contributed by atoms with Gasteiger partial charge in [-0.1, -0.05) is 11.6 Å². The van der Waals surface area contributed by atoms with Gasteiger partial charge >= 0.3 is 6.18 Å². The summed E-state index contributed by atoms with van der Waals surface area (Å²) in [5.74, 6) is -1.45. The molecule has 0 atom stereocenters. The molecule has 0 aliphatic carbocycles. The molecule has 1 N–H and O–H groups in total. The van der Waals surface area contributed by atoms with E-state index in [2.05, 4.69) is 4.98 Å². The predicted molar refractivity (Wildman–Crippen MR) is 65.3 cm³/mol. The molecule has 9 heteroatoms. The summed E-state index contributed by atoms with van der Waals surface area (Å²) in [5.41, 5.74) is 0.191. The van der Waals surface area contributed by atoms with Crippen molar-refractivity contribution in [2.45, 2.75) is 6.18 Å². The lowest BCUT2D eigenvalue weighted by Crippen LogP contribution is -2.41. The lowest BCUT2D eigenvalue weighted by molar-refractivity contribution is -0.138. The fourth-order valence-corrected chi connectivity index (χ4v) is 1.47. The summed E-state index contributed by atoms with van der Waals surface area (Å²) in [7, 11) is 1.30. The Morgan fingerprint density at radius 3 is 2.65 bits per heavy atom. The van der Waals surface area contributed by atoms with Crippen LogP contribution in [0.1, 0.15) is 10.4 Å². The van der Waals surface area contributed by atoms with E-state index < -0.39 is 31.1 Å². The van der Waals surface area contributed by atoms with Crippen molar-refractivity contribution in [2.24, 2.45) is 0 Å². The number of amides is 2. The quantitative estimate of drug-likeness (QED) is 0.857. The minimum absolute atomic E-state index is 0.103. The van der Waals surface area contributed by atoms with Crippen molar-refractivity contribution < 1.29 is 22.8 Å². The van der Waals surface area contributed by atoms with E-state index in [0.717, 1.165) is 4.90 Å². The molecule has 0 radical (unpaired) electrons. The summed E-state index contributed by atoms with van der Waals surface area (Å²) < 4.78 is 35.7. The fourth-order valence-electron chi connectivity index (χ4n) is 1.30. The highest BCUT2D eigenvalue weighted by molar-refractivity contribution is 6.29. The Labute approximate surface area is 117 Å². The number of alkyl halides is 3. The van der Waals surface area contributed by atoms with Crippen LogP contribution in [0.15, 0.2) is 18.3 Å². The smallest absolute Gasteiger partial charge is 0.345 e. The Morgan fingerprint density at radius 2 is 2.10 bits per heavy atom. The lowest BCUT2D eigenvalue weighted by Gasteiger charge is -2.17. The van der Waals surface area contributed by atoms with Crippen molar-refractivity contribution in [3.8, 4) is 0 Å². The number of nitrogens with one attached hydrogen (secondary N) is 1. The number of pyridine rings is 1. The molecule has 2 amide bonds. The van der Waals surface area contributed by atoms with Crippen molar-refractivity contribution in [1.82, 2.24) is 15.2 Å². The van der Waals surface area contributed by atoms with Gasteiger partial charge < -0.3 is 10.2 Å². The van der Waals surface area contributed by atoms with Crippen LogP contribution in [0.5, 0.6) is 0 Å². The molecule has 0 bridgehead atoms. The van der Waals surface area contributed by atoms with Crippen LogP contribution in [0.2, 0.25) is 5.15 Å². The summed E-state index contributed by atoms with van der Waals surface area (Å²) in [4.78, 5) is 27.8. The molecule has 20 heavy (non-hydrogen) atoms. The second kappa shape index (κ2) is 6.56. The zero-order valence-corrected chi connectivity index (χ0v) is 11.1. The molecule has 5 nitrogen and oxygen atoms in total. The summed E-state index contributed by atoms with van der Waals surface area (Å²) in [6, 6.07) is 2.69. The Bertz CT molecular complexity index is 508. The number of rotatable bonds is 4. The molecule has 1 aromatic heterocycles. The van der Waals surface area contributed by atoms with Gasteiger partial charge in [-0.3, -0.25) is 9.59 Å². The van der Waals surface area contributed by atoms with E-state index in [1.165, 1.54) is 25.4 Å². The van der Waals surface area contributed by atoms with Gasteiger partial charge in [0.05, 0.1) is 6.54 Å². The number of carbonyl (C=O) groups is 2. The van der Waals surface area contributed by atoms with Gasteiger partial charge in [0.25, 0.3) is 5.91 Å². The van der Waals surface area contributed by atoms with Gasteiger partial charge in [0.2, 0.25) is 5.91 Å². The number of halogens is 4. The highest BCUT2D eigenvalue weighted by Gasteiger charge is 2.28. The van der Waals surface area contributed by atoms with E-state index in [1.54, 1.807) is 5.32 Å². The molecule has 0 saturated carbocycles. The van der Waals surface area contributed by atoms with Gasteiger partial charge in [-0.15, -0.1) is 0 Å². The normalized spacial score (nSPS) is 11.1. The van der Waals surface area contributed by atoms with Crippen molar-refractivity contribution in [2.75, 3.05) is 20.1 Å². The van der Waals surface area contributed by atoms with Gasteiger partial charge in [-0.25, -0.2) is 4.98 Å². The monoisotopic (exact) mass is 309 g/mol. The second-order valence-corrected chi connectivity index (χ2v) is 4.31. The zero-order valence-electron chi connectivity index (χ0n) is 10.4. The Morgan fingerprint density at radius 1 is 1.45 bits per heavy atom. The minimum atomic E-state index is -4.49. The van der Waals surface area contributed by atoms with E-state index in [9.17, 15) is 22.8 Å². The standard InChI is InChI=1S/C11H11ClF3N3O2/c1-18(5-9(19)17-6-11(13,14)15)10(20)7-2-3-16-8(12)4-7/h2-4H,5-6H2,1H3,(H,17,19). The fraction of sp³-hybridized carbons (Fsp3) is 0.364. The number of hydrogen-bond acceptors (Lipinski definition) is 3. The average molecular weight is 310 g/mol. The average Bonchev–Trinajstić information content (AvgIpc) is 2.34. The van der Waals surface area contributed by atoms with Gasteiger partial charge in [0, 0.05) is 18.8 Å². The largest absolute Gasteiger partial charge is 0.405 e. The minimum Gasteiger partial charge on any atom is -0.345 e. The molecule has 0 unspecified atom stereocenters. The Balaban J connectivity index is 2.56. The van der Waals surface area contributed by atoms with Crippen LogP contribution < -0.4 is 5.32 Å². The van der Waals surface area contributed by atoms with Gasteiger partial charge in [-0.2, -0.15) is 13.2 Å². The van der Waals surface area contributed by atoms with Crippen LogP contribution in [0.4, 0.5) is 13.2 Å². The first-order valence-electron chi connectivity index (χ1n) is 5.39. The Kier molecular flexibility index (Phi) is 5.32. The molecule has 0 fully saturated rings. The summed E-state index contributed by atoms with van der Waals surface area (Å²) in [6.07, 6.45) is -3.18. The van der Waals surface area contributed by atoms with Crippen LogP contribution in [0, 0.1) is 0 Å². The van der Waals surface area contributed by atoms with Gasteiger partial charge in [0.15, 0.2) is 0 Å². The first-order valence-corrected chi connectivity index (χ1v) is 5.77. The van der Waals surface area contributed by atoms with E-state index in [4.69, 9.17) is 11.6 Å². The van der Waals surface area contributed by atoms with E-state index in [-0.39, 0.29) is 10.7 Å². The maximum Gasteiger partial charge on any atom is 0.405 e. The Hall–Kier alpha value is -1.83. The number of nitrogens with zero attached hydrogens (tertiary/aromatic N) is 2. The molecule has 1 heterocycles. The summed E-state index contributed by atoms with van der Waals surface area (Å²) >= 11 is 5.61. The maximum absolute atomic E-state index is 11.9. The molecular formula is C11H11ClF3N3O2. The molecule has 0 aliphatic rings. The predicted octanol–water partition coefficient (Wildman–Crippen LogP) is 1.49. The first kappa shape index (κ1) is 16.2. The number of carbonyl (C=O) groups excluding carboxylic acids is 2. The van der Waals surface area contributed by atoms with Gasteiger partial charge in [-0.05, 0) is 12.1 Å². The molecule has 1 rings (SSSR count). The molecular weight excluding hydrogens is 299 g/mol. The third-order valence-corrected chi connectivity index (χ3v) is 2.39. The van der Waals surface area contributed by atoms with Crippen LogP contribution in [-0.4, -0.2) is 48.0 Å². The summed E-state index contributed by atoms with van der Waals surface area (Å²) in [5, 5.41) is 1.78. The third-order valence-electron chi connectivity index (χ3n) is 2.19.